The second-order valence-corrected chi connectivity index (χ2v) is 11.9. The van der Waals surface area contributed by atoms with Crippen LogP contribution < -0.4 is 11.2 Å². The standard InChI is InChI=1S/C34H37F2N3O7S/c1-20(2)39-29(16-15-27(40)17-28(41)18-30(42)43)31(22-5-9-24(35)10-6-22)32(23-7-11-25(36)12-8-23)33(39)34(44)38-26-13-3-21(4-14-26)19-47-46-45-37/h3-14,20,27-28,40-41H,15-19,37H2,1-2H3,(H,38,44)(H,42,43)/t27-,28-/m0/s1. The van der Waals surface area contributed by atoms with Gasteiger partial charge in [0.05, 0.1) is 18.6 Å². The number of hydrogen-bond acceptors (Lipinski definition) is 8. The summed E-state index contributed by atoms with van der Waals surface area (Å²) in [5.41, 5.74) is 4.55. The number of amides is 1. The van der Waals surface area contributed by atoms with Gasteiger partial charge in [0.2, 0.25) is 0 Å². The van der Waals surface area contributed by atoms with Crippen LogP contribution in [0.3, 0.4) is 0 Å². The molecule has 0 aliphatic heterocycles. The van der Waals surface area contributed by atoms with Gasteiger partial charge in [-0.1, -0.05) is 36.4 Å². The summed E-state index contributed by atoms with van der Waals surface area (Å²) in [7, 11) is 0. The lowest BCUT2D eigenvalue weighted by Crippen LogP contribution is -2.22. The number of hydrogen-bond donors (Lipinski definition) is 5. The van der Waals surface area contributed by atoms with Crippen molar-refractivity contribution in [3.63, 3.8) is 0 Å². The first kappa shape index (κ1) is 35.7. The second-order valence-electron chi connectivity index (χ2n) is 11.3. The molecule has 13 heteroatoms. The average Bonchev–Trinajstić information content (AvgIpc) is 3.37. The number of aliphatic hydroxyl groups is 2. The van der Waals surface area contributed by atoms with E-state index in [0.717, 1.165) is 17.6 Å². The molecule has 47 heavy (non-hydrogen) atoms. The Morgan fingerprint density at radius 1 is 0.894 bits per heavy atom. The first-order valence-electron chi connectivity index (χ1n) is 14.9. The topological polar surface area (TPSA) is 156 Å². The van der Waals surface area contributed by atoms with Crippen molar-refractivity contribution < 1.29 is 43.0 Å². The summed E-state index contributed by atoms with van der Waals surface area (Å²) in [6.07, 6.45) is -2.60. The number of aliphatic carboxylic acids is 1. The van der Waals surface area contributed by atoms with Gasteiger partial charge in [-0.3, -0.25) is 9.59 Å². The molecule has 3 aromatic carbocycles. The van der Waals surface area contributed by atoms with Crippen molar-refractivity contribution in [2.75, 3.05) is 5.32 Å². The lowest BCUT2D eigenvalue weighted by Gasteiger charge is -2.20. The summed E-state index contributed by atoms with van der Waals surface area (Å²) >= 11 is 0.998. The number of nitrogens with zero attached hydrogens (tertiary/aromatic N) is 1. The van der Waals surface area contributed by atoms with Gasteiger partial charge in [0.1, 0.15) is 17.3 Å². The van der Waals surface area contributed by atoms with Gasteiger partial charge in [0, 0.05) is 46.3 Å². The minimum atomic E-state index is -1.24. The highest BCUT2D eigenvalue weighted by Crippen LogP contribution is 2.43. The molecule has 2 atom stereocenters. The smallest absolute Gasteiger partial charge is 0.305 e. The number of carboxylic acids is 1. The molecule has 0 spiro atoms. The van der Waals surface area contributed by atoms with Crippen LogP contribution in [-0.4, -0.2) is 44.0 Å². The lowest BCUT2D eigenvalue weighted by atomic mass is 9.92. The van der Waals surface area contributed by atoms with E-state index in [1.807, 2.05) is 18.4 Å². The number of nitrogens with one attached hydrogen (secondary N) is 1. The summed E-state index contributed by atoms with van der Waals surface area (Å²) < 4.78 is 34.7. The van der Waals surface area contributed by atoms with Crippen molar-refractivity contribution in [1.82, 2.24) is 4.57 Å². The van der Waals surface area contributed by atoms with Crippen LogP contribution in [0.1, 0.15) is 60.9 Å². The molecule has 0 saturated carbocycles. The van der Waals surface area contributed by atoms with E-state index in [1.165, 1.54) is 24.3 Å². The van der Waals surface area contributed by atoms with E-state index in [9.17, 15) is 28.6 Å². The molecule has 4 aromatic rings. The molecule has 0 radical (unpaired) electrons. The number of aromatic nitrogens is 1. The Labute approximate surface area is 275 Å². The summed E-state index contributed by atoms with van der Waals surface area (Å²) in [4.78, 5) is 29.4. The van der Waals surface area contributed by atoms with Gasteiger partial charge in [-0.2, -0.15) is 5.90 Å². The van der Waals surface area contributed by atoms with Crippen LogP contribution in [0.2, 0.25) is 0 Å². The maximum absolute atomic E-state index is 14.3. The van der Waals surface area contributed by atoms with E-state index in [2.05, 4.69) is 14.6 Å². The molecule has 1 amide bonds. The fourth-order valence-electron chi connectivity index (χ4n) is 5.52. The Morgan fingerprint density at radius 2 is 1.47 bits per heavy atom. The molecule has 0 fully saturated rings. The number of halogens is 2. The van der Waals surface area contributed by atoms with Crippen molar-refractivity contribution in [3.8, 4) is 22.3 Å². The van der Waals surface area contributed by atoms with Crippen LogP contribution in [0, 0.1) is 11.6 Å². The number of carbonyl (C=O) groups is 2. The monoisotopic (exact) mass is 669 g/mol. The predicted molar refractivity (Wildman–Crippen MR) is 175 cm³/mol. The average molecular weight is 670 g/mol. The highest BCUT2D eigenvalue weighted by Gasteiger charge is 2.30. The highest BCUT2D eigenvalue weighted by atomic mass is 32.2. The van der Waals surface area contributed by atoms with Crippen LogP contribution in [0.5, 0.6) is 0 Å². The SMILES string of the molecule is CC(C)n1c(CC[C@H](O)C[C@H](O)CC(=O)O)c(-c2ccc(F)cc2)c(-c2ccc(F)cc2)c1C(=O)Nc1ccc(CSOON)cc1. The van der Waals surface area contributed by atoms with E-state index in [-0.39, 0.29) is 31.0 Å². The van der Waals surface area contributed by atoms with E-state index >= 15 is 0 Å². The van der Waals surface area contributed by atoms with Crippen molar-refractivity contribution in [3.05, 3.63) is 101 Å². The summed E-state index contributed by atoms with van der Waals surface area (Å²) in [6.45, 7) is 3.80. The Bertz CT molecular complexity index is 1650. The van der Waals surface area contributed by atoms with Crippen molar-refractivity contribution in [2.24, 2.45) is 5.90 Å². The molecular formula is C34H37F2N3O7S. The number of aliphatic hydroxyl groups excluding tert-OH is 2. The normalized spacial score (nSPS) is 12.7. The van der Waals surface area contributed by atoms with E-state index in [1.54, 1.807) is 48.5 Å². The first-order chi connectivity index (χ1) is 22.5. The van der Waals surface area contributed by atoms with Gasteiger partial charge in [-0.05, 0) is 86.2 Å². The highest BCUT2D eigenvalue weighted by molar-refractivity contribution is 7.93. The van der Waals surface area contributed by atoms with Gasteiger partial charge in [0.25, 0.3) is 5.91 Å². The maximum atomic E-state index is 14.3. The molecule has 0 aliphatic carbocycles. The summed E-state index contributed by atoms with van der Waals surface area (Å²) in [6, 6.07) is 18.3. The second kappa shape index (κ2) is 16.6. The van der Waals surface area contributed by atoms with E-state index in [4.69, 9.17) is 11.0 Å². The Kier molecular flexibility index (Phi) is 12.6. The van der Waals surface area contributed by atoms with Crippen molar-refractivity contribution in [2.45, 2.75) is 63.5 Å². The number of nitrogens with two attached hydrogens (primary N) is 1. The van der Waals surface area contributed by atoms with Gasteiger partial charge in [0.15, 0.2) is 0 Å². The fourth-order valence-corrected chi connectivity index (χ4v) is 5.95. The number of benzene rings is 3. The molecule has 10 nitrogen and oxygen atoms in total. The van der Waals surface area contributed by atoms with Gasteiger partial charge in [-0.25, -0.2) is 8.78 Å². The molecule has 0 unspecified atom stereocenters. The quantitative estimate of drug-likeness (QED) is 0.0393. The van der Waals surface area contributed by atoms with Gasteiger partial charge < -0.3 is 25.2 Å². The van der Waals surface area contributed by atoms with Gasteiger partial charge >= 0.3 is 5.97 Å². The van der Waals surface area contributed by atoms with E-state index < -0.39 is 42.1 Å². The molecule has 1 heterocycles. The van der Waals surface area contributed by atoms with Crippen molar-refractivity contribution >= 4 is 29.6 Å². The number of carboxylic acid groups (broad SMARTS) is 1. The zero-order chi connectivity index (χ0) is 34.1. The van der Waals surface area contributed by atoms with Crippen LogP contribution >= 0.6 is 12.0 Å². The lowest BCUT2D eigenvalue weighted by molar-refractivity contribution is -0.195. The van der Waals surface area contributed by atoms with Crippen LogP contribution in [-0.2, 0) is 26.3 Å². The Balaban J connectivity index is 1.84. The Morgan fingerprint density at radius 3 is 2.00 bits per heavy atom. The minimum Gasteiger partial charge on any atom is -0.481 e. The Hall–Kier alpha value is -4.11. The molecule has 1 aromatic heterocycles. The molecule has 6 N–H and O–H groups in total. The first-order valence-corrected chi connectivity index (χ1v) is 15.8. The van der Waals surface area contributed by atoms with Crippen LogP contribution in [0.4, 0.5) is 14.5 Å². The van der Waals surface area contributed by atoms with Crippen LogP contribution in [0.15, 0.2) is 72.8 Å². The molecule has 250 valence electrons. The number of carbonyl (C=O) groups excluding carboxylic acids is 1. The summed E-state index contributed by atoms with van der Waals surface area (Å²) in [5.74, 6) is 2.77. The largest absolute Gasteiger partial charge is 0.481 e. The third kappa shape index (κ3) is 9.47. The molecule has 0 saturated heterocycles. The molecule has 0 bridgehead atoms. The maximum Gasteiger partial charge on any atom is 0.305 e. The number of rotatable bonds is 16. The minimum absolute atomic E-state index is 0.129. The van der Waals surface area contributed by atoms with E-state index in [0.29, 0.717) is 39.4 Å². The van der Waals surface area contributed by atoms with Crippen LogP contribution in [0.25, 0.3) is 22.3 Å². The van der Waals surface area contributed by atoms with Gasteiger partial charge in [-0.15, -0.1) is 9.32 Å². The molecule has 0 aliphatic rings. The molecular weight excluding hydrogens is 632 g/mol. The zero-order valence-corrected chi connectivity index (χ0v) is 26.7. The molecule has 4 rings (SSSR count). The number of anilines is 1. The summed E-state index contributed by atoms with van der Waals surface area (Å²) in [5, 5.41) is 32.9. The van der Waals surface area contributed by atoms with Crippen molar-refractivity contribution in [1.29, 1.82) is 0 Å². The zero-order valence-electron chi connectivity index (χ0n) is 25.9. The third-order valence-corrected chi connectivity index (χ3v) is 8.12. The fraction of sp³-hybridized carbons (Fsp3) is 0.294. The third-order valence-electron chi connectivity index (χ3n) is 7.50. The predicted octanol–water partition coefficient (Wildman–Crippen LogP) is 6.42.